The number of hydrogen-bond acceptors (Lipinski definition) is 4. The van der Waals surface area contributed by atoms with Gasteiger partial charge < -0.3 is 20.7 Å². The zero-order valence-corrected chi connectivity index (χ0v) is 11.7. The highest BCUT2D eigenvalue weighted by Crippen LogP contribution is 2.23. The second-order valence-electron chi connectivity index (χ2n) is 4.89. The van der Waals surface area contributed by atoms with E-state index in [-0.39, 0.29) is 17.9 Å². The van der Waals surface area contributed by atoms with Crippen LogP contribution in [-0.2, 0) is 4.79 Å². The number of methoxy groups -OCH3 is 1. The average molecular weight is 277 g/mol. The number of nitrogens with one attached hydrogen (secondary N) is 1. The fraction of sp³-hybridized carbons (Fsp3) is 0.429. The Balaban J connectivity index is 2.05. The zero-order chi connectivity index (χ0) is 14.7. The molecule has 2 amide bonds. The molecule has 0 saturated carbocycles. The highest BCUT2D eigenvalue weighted by atomic mass is 16.5. The maximum Gasteiger partial charge on any atom is 0.254 e. The third kappa shape index (κ3) is 3.01. The van der Waals surface area contributed by atoms with Gasteiger partial charge in [0.25, 0.3) is 5.91 Å². The maximum atomic E-state index is 12.3. The minimum atomic E-state index is -0.0767. The van der Waals surface area contributed by atoms with Crippen LogP contribution < -0.4 is 15.8 Å². The van der Waals surface area contributed by atoms with E-state index in [1.807, 2.05) is 0 Å². The number of amides is 2. The van der Waals surface area contributed by atoms with E-state index >= 15 is 0 Å². The largest absolute Gasteiger partial charge is 0.495 e. The van der Waals surface area contributed by atoms with Crippen molar-refractivity contribution >= 4 is 17.5 Å². The molecule has 0 radical (unpaired) electrons. The van der Waals surface area contributed by atoms with Crippen LogP contribution in [0, 0.1) is 0 Å². The van der Waals surface area contributed by atoms with Crippen LogP contribution in [0.2, 0.25) is 0 Å². The number of likely N-dealkylation sites (tertiary alicyclic amines) is 1. The van der Waals surface area contributed by atoms with Gasteiger partial charge in [0.05, 0.1) is 12.8 Å². The average Bonchev–Trinajstić information content (AvgIpc) is 2.85. The molecule has 1 aliphatic heterocycles. The molecule has 1 fully saturated rings. The maximum absolute atomic E-state index is 12.3. The van der Waals surface area contributed by atoms with Crippen molar-refractivity contribution in [3.8, 4) is 5.75 Å². The van der Waals surface area contributed by atoms with Crippen LogP contribution >= 0.6 is 0 Å². The van der Waals surface area contributed by atoms with Crippen LogP contribution in [0.5, 0.6) is 5.75 Å². The van der Waals surface area contributed by atoms with Gasteiger partial charge in [-0.3, -0.25) is 9.59 Å². The van der Waals surface area contributed by atoms with Crippen molar-refractivity contribution < 1.29 is 14.3 Å². The molecule has 1 unspecified atom stereocenters. The van der Waals surface area contributed by atoms with Crippen molar-refractivity contribution in [3.63, 3.8) is 0 Å². The van der Waals surface area contributed by atoms with Crippen molar-refractivity contribution in [2.24, 2.45) is 0 Å². The minimum absolute atomic E-state index is 0.0343. The first kappa shape index (κ1) is 14.2. The lowest BCUT2D eigenvalue weighted by Gasteiger charge is -2.17. The summed E-state index contributed by atoms with van der Waals surface area (Å²) in [5.74, 6) is 0.407. The van der Waals surface area contributed by atoms with E-state index in [0.717, 1.165) is 6.42 Å². The van der Waals surface area contributed by atoms with Crippen LogP contribution in [0.25, 0.3) is 0 Å². The van der Waals surface area contributed by atoms with Crippen LogP contribution in [0.1, 0.15) is 23.7 Å². The monoisotopic (exact) mass is 277 g/mol. The second-order valence-corrected chi connectivity index (χ2v) is 4.89. The summed E-state index contributed by atoms with van der Waals surface area (Å²) < 4.78 is 5.07. The van der Waals surface area contributed by atoms with Gasteiger partial charge in [0.1, 0.15) is 5.75 Å². The summed E-state index contributed by atoms with van der Waals surface area (Å²) in [4.78, 5) is 25.1. The molecule has 6 heteroatoms. The Morgan fingerprint density at radius 3 is 2.80 bits per heavy atom. The molecule has 0 bridgehead atoms. The smallest absolute Gasteiger partial charge is 0.254 e. The van der Waals surface area contributed by atoms with Crippen molar-refractivity contribution in [1.82, 2.24) is 10.2 Å². The Morgan fingerprint density at radius 1 is 1.45 bits per heavy atom. The van der Waals surface area contributed by atoms with Crippen LogP contribution in [0.15, 0.2) is 18.2 Å². The van der Waals surface area contributed by atoms with Gasteiger partial charge in [0.15, 0.2) is 0 Å². The van der Waals surface area contributed by atoms with Gasteiger partial charge in [0.2, 0.25) is 5.91 Å². The summed E-state index contributed by atoms with van der Waals surface area (Å²) in [6.45, 7) is 2.65. The number of rotatable bonds is 3. The molecular weight excluding hydrogens is 258 g/mol. The fourth-order valence-corrected chi connectivity index (χ4v) is 2.40. The van der Waals surface area contributed by atoms with E-state index in [1.54, 1.807) is 23.1 Å². The minimum Gasteiger partial charge on any atom is -0.495 e. The molecule has 20 heavy (non-hydrogen) atoms. The number of carbonyl (C=O) groups excluding carboxylic acids is 2. The lowest BCUT2D eigenvalue weighted by Crippen LogP contribution is -2.37. The molecule has 3 N–H and O–H groups in total. The molecule has 2 rings (SSSR count). The highest BCUT2D eigenvalue weighted by molar-refractivity contribution is 5.95. The van der Waals surface area contributed by atoms with Crippen molar-refractivity contribution in [3.05, 3.63) is 23.8 Å². The third-order valence-electron chi connectivity index (χ3n) is 3.36. The molecule has 108 valence electrons. The van der Waals surface area contributed by atoms with Crippen LogP contribution in [0.3, 0.4) is 0 Å². The topological polar surface area (TPSA) is 84.7 Å². The first-order valence-corrected chi connectivity index (χ1v) is 6.51. The van der Waals surface area contributed by atoms with E-state index in [9.17, 15) is 9.59 Å². The Kier molecular flexibility index (Phi) is 4.12. The summed E-state index contributed by atoms with van der Waals surface area (Å²) in [6.07, 6.45) is 0.775. The number of carbonyl (C=O) groups is 2. The molecular formula is C14H19N3O3. The van der Waals surface area contributed by atoms with Gasteiger partial charge in [-0.2, -0.15) is 0 Å². The van der Waals surface area contributed by atoms with Gasteiger partial charge >= 0.3 is 0 Å². The number of nitrogens with zero attached hydrogens (tertiary/aromatic N) is 1. The van der Waals surface area contributed by atoms with E-state index in [2.05, 4.69) is 5.32 Å². The lowest BCUT2D eigenvalue weighted by atomic mass is 10.1. The standard InChI is InChI=1S/C14H19N3O3/c1-9(18)16-11-5-6-17(8-11)14(19)10-3-4-13(20-2)12(15)7-10/h3-4,7,11H,5-6,8,15H2,1-2H3,(H,16,18). The first-order chi connectivity index (χ1) is 9.51. The number of nitrogens with two attached hydrogens (primary N) is 1. The molecule has 1 aliphatic rings. The summed E-state index contributed by atoms with van der Waals surface area (Å²) in [5, 5.41) is 2.83. The molecule has 1 aromatic rings. The predicted octanol–water partition coefficient (Wildman–Crippen LogP) is 0.628. The van der Waals surface area contributed by atoms with Gasteiger partial charge in [-0.05, 0) is 24.6 Å². The molecule has 6 nitrogen and oxygen atoms in total. The van der Waals surface area contributed by atoms with E-state index in [0.29, 0.717) is 30.1 Å². The van der Waals surface area contributed by atoms with E-state index in [1.165, 1.54) is 14.0 Å². The number of benzene rings is 1. The molecule has 1 atom stereocenters. The normalized spacial score (nSPS) is 17.9. The van der Waals surface area contributed by atoms with Gasteiger partial charge in [-0.1, -0.05) is 0 Å². The Labute approximate surface area is 117 Å². The SMILES string of the molecule is COc1ccc(C(=O)N2CCC(NC(C)=O)C2)cc1N. The summed E-state index contributed by atoms with van der Waals surface area (Å²) >= 11 is 0. The van der Waals surface area contributed by atoms with Crippen molar-refractivity contribution in [1.29, 1.82) is 0 Å². The number of ether oxygens (including phenoxy) is 1. The molecule has 1 saturated heterocycles. The fourth-order valence-electron chi connectivity index (χ4n) is 2.40. The Morgan fingerprint density at radius 2 is 2.20 bits per heavy atom. The predicted molar refractivity (Wildman–Crippen MR) is 75.5 cm³/mol. The first-order valence-electron chi connectivity index (χ1n) is 6.51. The van der Waals surface area contributed by atoms with Gasteiger partial charge in [-0.15, -0.1) is 0 Å². The van der Waals surface area contributed by atoms with Gasteiger partial charge in [0, 0.05) is 31.6 Å². The van der Waals surface area contributed by atoms with Crippen LogP contribution in [0.4, 0.5) is 5.69 Å². The van der Waals surface area contributed by atoms with E-state index < -0.39 is 0 Å². The Hall–Kier alpha value is -2.24. The summed E-state index contributed by atoms with van der Waals surface area (Å²) in [5.41, 5.74) is 6.78. The number of anilines is 1. The van der Waals surface area contributed by atoms with Crippen molar-refractivity contribution in [2.45, 2.75) is 19.4 Å². The quantitative estimate of drug-likeness (QED) is 0.794. The highest BCUT2D eigenvalue weighted by Gasteiger charge is 2.27. The number of nitrogen functional groups attached to an aromatic ring is 1. The number of hydrogen-bond donors (Lipinski definition) is 2. The van der Waals surface area contributed by atoms with Gasteiger partial charge in [-0.25, -0.2) is 0 Å². The molecule has 0 aliphatic carbocycles. The zero-order valence-electron chi connectivity index (χ0n) is 11.7. The molecule has 0 spiro atoms. The van der Waals surface area contributed by atoms with Crippen molar-refractivity contribution in [2.75, 3.05) is 25.9 Å². The van der Waals surface area contributed by atoms with E-state index in [4.69, 9.17) is 10.5 Å². The molecule has 0 aromatic heterocycles. The second kappa shape index (κ2) is 5.81. The summed E-state index contributed by atoms with van der Waals surface area (Å²) in [6, 6.07) is 5.03. The summed E-state index contributed by atoms with van der Waals surface area (Å²) in [7, 11) is 1.53. The lowest BCUT2D eigenvalue weighted by molar-refractivity contribution is -0.119. The third-order valence-corrected chi connectivity index (χ3v) is 3.36. The molecule has 1 heterocycles. The van der Waals surface area contributed by atoms with Crippen LogP contribution in [-0.4, -0.2) is 43.0 Å². The Bertz CT molecular complexity index is 530. The molecule has 1 aromatic carbocycles.